The Labute approximate surface area is 364 Å². The minimum atomic E-state index is 1.11. The third-order valence-electron chi connectivity index (χ3n) is 11.5. The summed E-state index contributed by atoms with van der Waals surface area (Å²) in [5.74, 6) is 0. The molecular formula is C60H44N2. The van der Waals surface area contributed by atoms with Crippen LogP contribution >= 0.6 is 0 Å². The second-order valence-electron chi connectivity index (χ2n) is 15.2. The average molecular weight is 793 g/mol. The second-order valence-corrected chi connectivity index (χ2v) is 15.2. The van der Waals surface area contributed by atoms with Gasteiger partial charge >= 0.3 is 0 Å². The van der Waals surface area contributed by atoms with Crippen LogP contribution in [0, 0.1) is 0 Å². The van der Waals surface area contributed by atoms with Gasteiger partial charge in [-0.05, 0) is 105 Å². The number of nitrogens with zero attached hydrogens (tertiary/aromatic N) is 2. The third kappa shape index (κ3) is 7.47. The van der Waals surface area contributed by atoms with Crippen molar-refractivity contribution in [3.8, 4) is 55.6 Å². The number of hydrogen-bond acceptors (Lipinski definition) is 2. The highest BCUT2D eigenvalue weighted by molar-refractivity contribution is 6.02. The van der Waals surface area contributed by atoms with Crippen molar-refractivity contribution in [1.82, 2.24) is 0 Å². The average Bonchev–Trinajstić information content (AvgIpc) is 3.36. The Bertz CT molecular complexity index is 2780. The molecule has 0 heterocycles. The van der Waals surface area contributed by atoms with Gasteiger partial charge in [-0.25, -0.2) is 0 Å². The smallest absolute Gasteiger partial charge is 0.0540 e. The zero-order valence-electron chi connectivity index (χ0n) is 34.3. The molecule has 0 aliphatic heterocycles. The van der Waals surface area contributed by atoms with Crippen molar-refractivity contribution in [3.05, 3.63) is 267 Å². The Morgan fingerprint density at radius 1 is 0.145 bits per heavy atom. The fourth-order valence-electron chi connectivity index (χ4n) is 8.77. The third-order valence-corrected chi connectivity index (χ3v) is 11.5. The number of rotatable bonds is 11. The molecule has 0 atom stereocenters. The normalized spacial score (nSPS) is 10.9. The highest BCUT2D eigenvalue weighted by Gasteiger charge is 2.23. The zero-order valence-corrected chi connectivity index (χ0v) is 34.3. The molecule has 0 saturated carbocycles. The van der Waals surface area contributed by atoms with E-state index in [2.05, 4.69) is 277 Å². The van der Waals surface area contributed by atoms with Crippen LogP contribution in [0.1, 0.15) is 0 Å². The molecule has 0 amide bonds. The van der Waals surface area contributed by atoms with Gasteiger partial charge in [0.1, 0.15) is 0 Å². The van der Waals surface area contributed by atoms with Crippen molar-refractivity contribution in [2.24, 2.45) is 0 Å². The first-order valence-electron chi connectivity index (χ1n) is 21.2. The summed E-state index contributed by atoms with van der Waals surface area (Å²) in [6.07, 6.45) is 0. The van der Waals surface area contributed by atoms with Crippen LogP contribution in [0.2, 0.25) is 0 Å². The molecule has 0 radical (unpaired) electrons. The molecule has 10 aromatic rings. The Kier molecular flexibility index (Phi) is 10.8. The molecule has 62 heavy (non-hydrogen) atoms. The molecule has 2 heteroatoms. The van der Waals surface area contributed by atoms with E-state index in [1.165, 1.54) is 44.5 Å². The van der Waals surface area contributed by atoms with Crippen LogP contribution in [0.4, 0.5) is 34.1 Å². The van der Waals surface area contributed by atoms with E-state index < -0.39 is 0 Å². The van der Waals surface area contributed by atoms with Crippen molar-refractivity contribution in [2.45, 2.75) is 0 Å². The van der Waals surface area contributed by atoms with E-state index in [4.69, 9.17) is 0 Å². The van der Waals surface area contributed by atoms with E-state index in [0.29, 0.717) is 0 Å². The van der Waals surface area contributed by atoms with E-state index in [1.807, 2.05) is 0 Å². The van der Waals surface area contributed by atoms with Crippen LogP contribution in [0.3, 0.4) is 0 Å². The molecule has 294 valence electrons. The van der Waals surface area contributed by atoms with E-state index in [1.54, 1.807) is 0 Å². The fourth-order valence-corrected chi connectivity index (χ4v) is 8.77. The summed E-state index contributed by atoms with van der Waals surface area (Å²) in [4.78, 5) is 4.72. The van der Waals surface area contributed by atoms with Gasteiger partial charge in [0.25, 0.3) is 0 Å². The first kappa shape index (κ1) is 38.0. The fraction of sp³-hybridized carbons (Fsp3) is 0. The molecule has 0 spiro atoms. The van der Waals surface area contributed by atoms with E-state index in [0.717, 1.165) is 45.3 Å². The SMILES string of the molecule is c1ccc(N(c2ccccc2)c2ccccc2-c2ccccc2-c2ccccc2-c2ccccc2-c2ccccc2-c2ccccc2N(c2ccccc2)c2ccccc2)cc1. The molecular weight excluding hydrogens is 749 g/mol. The first-order chi connectivity index (χ1) is 30.8. The quantitative estimate of drug-likeness (QED) is 0.129. The molecule has 10 rings (SSSR count). The predicted molar refractivity (Wildman–Crippen MR) is 263 cm³/mol. The van der Waals surface area contributed by atoms with Crippen molar-refractivity contribution in [3.63, 3.8) is 0 Å². The van der Waals surface area contributed by atoms with Crippen LogP contribution in [-0.2, 0) is 0 Å². The van der Waals surface area contributed by atoms with Crippen LogP contribution in [-0.4, -0.2) is 0 Å². The summed E-state index contributed by atoms with van der Waals surface area (Å²) in [7, 11) is 0. The van der Waals surface area contributed by atoms with Gasteiger partial charge in [-0.1, -0.05) is 206 Å². The minimum Gasteiger partial charge on any atom is -0.310 e. The number of hydrogen-bond donors (Lipinski definition) is 0. The van der Waals surface area contributed by atoms with Gasteiger partial charge in [-0.3, -0.25) is 0 Å². The van der Waals surface area contributed by atoms with Gasteiger partial charge in [0.15, 0.2) is 0 Å². The second kappa shape index (κ2) is 17.6. The summed E-state index contributed by atoms with van der Waals surface area (Å²) in [6, 6.07) is 95.6. The van der Waals surface area contributed by atoms with E-state index >= 15 is 0 Å². The van der Waals surface area contributed by atoms with Crippen molar-refractivity contribution >= 4 is 34.1 Å². The van der Waals surface area contributed by atoms with Crippen LogP contribution in [0.15, 0.2) is 267 Å². The molecule has 0 aromatic heterocycles. The largest absolute Gasteiger partial charge is 0.310 e. The summed E-state index contributed by atoms with van der Waals surface area (Å²) < 4.78 is 0. The minimum absolute atomic E-state index is 1.11. The lowest BCUT2D eigenvalue weighted by Crippen LogP contribution is -2.11. The zero-order chi connectivity index (χ0) is 41.5. The van der Waals surface area contributed by atoms with Crippen molar-refractivity contribution < 1.29 is 0 Å². The lowest BCUT2D eigenvalue weighted by atomic mass is 9.84. The molecule has 0 bridgehead atoms. The Morgan fingerprint density at radius 2 is 0.306 bits per heavy atom. The molecule has 0 aliphatic rings. The number of anilines is 6. The molecule has 0 fully saturated rings. The molecule has 10 aromatic carbocycles. The highest BCUT2D eigenvalue weighted by atomic mass is 15.1. The van der Waals surface area contributed by atoms with E-state index in [9.17, 15) is 0 Å². The maximum absolute atomic E-state index is 2.36. The standard InChI is InChI=1S/C60H44N2/c1-5-25-45(26-6-1)61(46-27-7-2-8-28-46)59-43-23-21-41-57(59)55-39-19-17-37-53(55)51-35-15-13-33-49(51)50-34-14-16-36-52(50)54-38-18-20-40-56(54)58-42-22-24-44-60(58)62(47-29-9-3-10-30-47)48-31-11-4-12-32-48/h1-44H. The first-order valence-corrected chi connectivity index (χ1v) is 21.2. The Hall–Kier alpha value is -8.20. The van der Waals surface area contributed by atoms with Crippen LogP contribution in [0.25, 0.3) is 55.6 Å². The summed E-state index contributed by atoms with van der Waals surface area (Å²) in [6.45, 7) is 0. The predicted octanol–water partition coefficient (Wildman–Crippen LogP) is 17.0. The summed E-state index contributed by atoms with van der Waals surface area (Å²) >= 11 is 0. The highest BCUT2D eigenvalue weighted by Crippen LogP contribution is 2.48. The topological polar surface area (TPSA) is 6.48 Å². The van der Waals surface area contributed by atoms with Crippen LogP contribution < -0.4 is 9.80 Å². The Morgan fingerprint density at radius 3 is 0.532 bits per heavy atom. The summed E-state index contributed by atoms with van der Waals surface area (Å²) in [5, 5.41) is 0. The van der Waals surface area contributed by atoms with Crippen molar-refractivity contribution in [2.75, 3.05) is 9.80 Å². The van der Waals surface area contributed by atoms with Gasteiger partial charge in [-0.15, -0.1) is 0 Å². The van der Waals surface area contributed by atoms with Gasteiger partial charge in [-0.2, -0.15) is 0 Å². The van der Waals surface area contributed by atoms with Gasteiger partial charge in [0.2, 0.25) is 0 Å². The maximum atomic E-state index is 2.36. The summed E-state index contributed by atoms with van der Waals surface area (Å²) in [5.41, 5.74) is 18.3. The molecule has 2 nitrogen and oxygen atoms in total. The lowest BCUT2D eigenvalue weighted by molar-refractivity contribution is 1.28. The molecule has 0 N–H and O–H groups in total. The van der Waals surface area contributed by atoms with Gasteiger partial charge in [0, 0.05) is 33.9 Å². The van der Waals surface area contributed by atoms with Crippen LogP contribution in [0.5, 0.6) is 0 Å². The van der Waals surface area contributed by atoms with Crippen molar-refractivity contribution in [1.29, 1.82) is 0 Å². The maximum Gasteiger partial charge on any atom is 0.0540 e. The Balaban J connectivity index is 1.12. The lowest BCUT2D eigenvalue weighted by Gasteiger charge is -2.28. The molecule has 0 aliphatic carbocycles. The van der Waals surface area contributed by atoms with E-state index in [-0.39, 0.29) is 0 Å². The molecule has 0 unspecified atom stereocenters. The van der Waals surface area contributed by atoms with Gasteiger partial charge < -0.3 is 9.80 Å². The monoisotopic (exact) mass is 792 g/mol. The van der Waals surface area contributed by atoms with Gasteiger partial charge in [0.05, 0.1) is 11.4 Å². The number of para-hydroxylation sites is 6. The molecule has 0 saturated heterocycles. The number of benzene rings is 10.